The van der Waals surface area contributed by atoms with Crippen molar-refractivity contribution in [3.63, 3.8) is 0 Å². The molecule has 2 aromatic carbocycles. The minimum atomic E-state index is -3.91. The number of rotatable bonds is 12. The first-order valence-corrected chi connectivity index (χ1v) is 12.8. The maximum atomic E-state index is 12.5. The van der Waals surface area contributed by atoms with Gasteiger partial charge < -0.3 is 14.2 Å². The molecule has 0 amide bonds. The molecule has 0 aliphatic carbocycles. The van der Waals surface area contributed by atoms with E-state index in [0.717, 1.165) is 17.1 Å². The molecule has 1 unspecified atom stereocenters. The molecule has 160 valence electrons. The molecule has 0 heterocycles. The average molecular weight is 442 g/mol. The van der Waals surface area contributed by atoms with Crippen molar-refractivity contribution < 1.29 is 26.8 Å². The highest BCUT2D eigenvalue weighted by Gasteiger charge is 2.22. The molecule has 6 nitrogen and oxygen atoms in total. The van der Waals surface area contributed by atoms with E-state index in [0.29, 0.717) is 23.3 Å². The van der Waals surface area contributed by atoms with Gasteiger partial charge in [-0.1, -0.05) is 17.7 Å². The van der Waals surface area contributed by atoms with Crippen LogP contribution in [0.5, 0.6) is 11.5 Å². The zero-order valence-electron chi connectivity index (χ0n) is 17.3. The Bertz CT molecular complexity index is 832. The summed E-state index contributed by atoms with van der Waals surface area (Å²) in [5.41, 5.74) is 0.970. The number of hydrogen-bond acceptors (Lipinski definition) is 6. The van der Waals surface area contributed by atoms with Crippen LogP contribution in [0, 0.1) is 6.92 Å². The minimum Gasteiger partial charge on any atom is -0.491 e. The Hall–Kier alpha value is -1.74. The fraction of sp³-hybridized carbons (Fsp3) is 0.429. The molecule has 0 aliphatic rings. The highest BCUT2D eigenvalue weighted by molar-refractivity contribution is 7.95. The lowest BCUT2D eigenvalue weighted by Gasteiger charge is -2.18. The topological polar surface area (TPSA) is 71.1 Å². The van der Waals surface area contributed by atoms with Gasteiger partial charge in [0.25, 0.3) is 10.1 Å². The summed E-state index contributed by atoms with van der Waals surface area (Å²) in [6.07, 6.45) is 3.59. The first-order chi connectivity index (χ1) is 13.8. The van der Waals surface area contributed by atoms with Crippen LogP contribution in [0.2, 0.25) is 0 Å². The maximum Gasteiger partial charge on any atom is 0.297 e. The van der Waals surface area contributed by atoms with E-state index in [-0.39, 0.29) is 18.1 Å². The van der Waals surface area contributed by atoms with Gasteiger partial charge in [0.1, 0.15) is 36.6 Å². The largest absolute Gasteiger partial charge is 0.491 e. The Morgan fingerprint density at radius 2 is 1.48 bits per heavy atom. The highest BCUT2D eigenvalue weighted by atomic mass is 32.2. The van der Waals surface area contributed by atoms with Crippen molar-refractivity contribution in [2.45, 2.75) is 17.9 Å². The fourth-order valence-electron chi connectivity index (χ4n) is 2.38. The minimum absolute atomic E-state index is 0.0353. The molecular weight excluding hydrogens is 412 g/mol. The van der Waals surface area contributed by atoms with Crippen molar-refractivity contribution in [2.24, 2.45) is 0 Å². The van der Waals surface area contributed by atoms with Gasteiger partial charge in [-0.2, -0.15) is 8.42 Å². The van der Waals surface area contributed by atoms with Crippen LogP contribution in [-0.4, -0.2) is 59.7 Å². The monoisotopic (exact) mass is 441 g/mol. The Balaban J connectivity index is 1.92. The lowest BCUT2D eigenvalue weighted by Crippen LogP contribution is -2.29. The van der Waals surface area contributed by atoms with Crippen molar-refractivity contribution in [1.29, 1.82) is 0 Å². The summed E-state index contributed by atoms with van der Waals surface area (Å²) in [6, 6.07) is 13.7. The average Bonchev–Trinajstić information content (AvgIpc) is 2.67. The Morgan fingerprint density at radius 1 is 0.897 bits per heavy atom. The van der Waals surface area contributed by atoms with Crippen LogP contribution in [0.15, 0.2) is 53.4 Å². The third kappa shape index (κ3) is 8.26. The predicted octanol–water partition coefficient (Wildman–Crippen LogP) is 3.05. The van der Waals surface area contributed by atoms with Gasteiger partial charge in [-0.15, -0.1) is 0 Å². The summed E-state index contributed by atoms with van der Waals surface area (Å²) in [5.74, 6) is 2.39. The van der Waals surface area contributed by atoms with E-state index in [2.05, 4.69) is 12.5 Å². The summed E-state index contributed by atoms with van der Waals surface area (Å²) in [4.78, 5) is 0.104. The standard InChI is InChI=1S/C21H29O6S2/c1-17-5-11-21(12-6-17)29(22,23)27-20(15-24-2)16-26-19-9-7-18(8-10-19)25-13-14-28(3)4/h5-12,20H,13-16H2,1-4H3/q+1. The van der Waals surface area contributed by atoms with Crippen LogP contribution in [0.3, 0.4) is 0 Å². The SMILES string of the molecule is COCC(COc1ccc(OCC[S+](C)C)cc1)OS(=O)(=O)c1ccc(C)cc1. The molecule has 2 rings (SSSR count). The number of benzene rings is 2. The van der Waals surface area contributed by atoms with E-state index in [1.165, 1.54) is 19.2 Å². The van der Waals surface area contributed by atoms with Gasteiger partial charge in [-0.05, 0) is 54.2 Å². The van der Waals surface area contributed by atoms with Crippen molar-refractivity contribution >= 4 is 21.0 Å². The number of aryl methyl sites for hydroxylation is 1. The van der Waals surface area contributed by atoms with Crippen LogP contribution in [-0.2, 0) is 29.9 Å². The quantitative estimate of drug-likeness (QED) is 0.372. The normalized spacial score (nSPS) is 12.7. The second-order valence-corrected chi connectivity index (χ2v) is 10.7. The Kier molecular flexibility index (Phi) is 9.29. The second-order valence-electron chi connectivity index (χ2n) is 6.76. The molecule has 0 saturated heterocycles. The Labute approximate surface area is 176 Å². The number of methoxy groups -OCH3 is 1. The zero-order chi connectivity index (χ0) is 21.3. The Morgan fingerprint density at radius 3 is 2.03 bits per heavy atom. The van der Waals surface area contributed by atoms with Crippen molar-refractivity contribution in [3.05, 3.63) is 54.1 Å². The highest BCUT2D eigenvalue weighted by Crippen LogP contribution is 2.19. The molecule has 0 radical (unpaired) electrons. The van der Waals surface area contributed by atoms with E-state index < -0.39 is 16.2 Å². The van der Waals surface area contributed by atoms with Gasteiger partial charge in [0.05, 0.1) is 24.0 Å². The van der Waals surface area contributed by atoms with Gasteiger partial charge in [-0.3, -0.25) is 4.18 Å². The summed E-state index contributed by atoms with van der Waals surface area (Å²) >= 11 is 0. The third-order valence-electron chi connectivity index (χ3n) is 3.94. The van der Waals surface area contributed by atoms with Crippen LogP contribution < -0.4 is 9.47 Å². The van der Waals surface area contributed by atoms with Crippen LogP contribution in [0.25, 0.3) is 0 Å². The summed E-state index contributed by atoms with van der Waals surface area (Å²) in [6.45, 7) is 2.69. The lowest BCUT2D eigenvalue weighted by atomic mass is 10.2. The summed E-state index contributed by atoms with van der Waals surface area (Å²) < 4.78 is 46.8. The molecule has 8 heteroatoms. The van der Waals surface area contributed by atoms with E-state index in [1.54, 1.807) is 24.3 Å². The smallest absolute Gasteiger partial charge is 0.297 e. The maximum absolute atomic E-state index is 12.5. The first kappa shape index (κ1) is 23.5. The van der Waals surface area contributed by atoms with E-state index in [1.807, 2.05) is 19.1 Å². The van der Waals surface area contributed by atoms with Crippen molar-refractivity contribution in [3.8, 4) is 11.5 Å². The molecule has 1 atom stereocenters. The van der Waals surface area contributed by atoms with Gasteiger partial charge in [0, 0.05) is 7.11 Å². The van der Waals surface area contributed by atoms with E-state index >= 15 is 0 Å². The molecule has 2 aromatic rings. The predicted molar refractivity (Wildman–Crippen MR) is 117 cm³/mol. The lowest BCUT2D eigenvalue weighted by molar-refractivity contribution is 0.0524. The number of hydrogen-bond donors (Lipinski definition) is 0. The van der Waals surface area contributed by atoms with E-state index in [4.69, 9.17) is 18.4 Å². The summed E-state index contributed by atoms with van der Waals surface area (Å²) in [7, 11) is -2.07. The van der Waals surface area contributed by atoms with Crippen molar-refractivity contribution in [1.82, 2.24) is 0 Å². The van der Waals surface area contributed by atoms with E-state index in [9.17, 15) is 8.42 Å². The van der Waals surface area contributed by atoms with Crippen LogP contribution in [0.1, 0.15) is 5.56 Å². The second kappa shape index (κ2) is 11.4. The van der Waals surface area contributed by atoms with Gasteiger partial charge >= 0.3 is 0 Å². The van der Waals surface area contributed by atoms with Gasteiger partial charge in [-0.25, -0.2) is 0 Å². The first-order valence-electron chi connectivity index (χ1n) is 9.19. The molecule has 0 bridgehead atoms. The molecule has 0 aromatic heterocycles. The molecule has 0 spiro atoms. The third-order valence-corrected chi connectivity index (χ3v) is 6.30. The zero-order valence-corrected chi connectivity index (χ0v) is 18.9. The molecule has 0 saturated carbocycles. The summed E-state index contributed by atoms with van der Waals surface area (Å²) in [5, 5.41) is 0. The van der Waals surface area contributed by atoms with Gasteiger partial charge in [0.2, 0.25) is 0 Å². The fourth-order valence-corrected chi connectivity index (χ4v) is 3.84. The van der Waals surface area contributed by atoms with Crippen LogP contribution >= 0.6 is 0 Å². The molecule has 0 fully saturated rings. The molecular formula is C21H29O6S2+. The van der Waals surface area contributed by atoms with Crippen molar-refractivity contribution in [2.75, 3.05) is 45.2 Å². The van der Waals surface area contributed by atoms with Crippen LogP contribution in [0.4, 0.5) is 0 Å². The molecule has 0 N–H and O–H groups in total. The number of ether oxygens (including phenoxy) is 3. The van der Waals surface area contributed by atoms with Gasteiger partial charge in [0.15, 0.2) is 0 Å². The molecule has 29 heavy (non-hydrogen) atoms. The molecule has 0 aliphatic heterocycles.